The van der Waals surface area contributed by atoms with Crippen LogP contribution in [0.15, 0.2) is 36.5 Å². The molecule has 358 valence electrons. The van der Waals surface area contributed by atoms with E-state index in [0.717, 1.165) is 51.4 Å². The summed E-state index contributed by atoms with van der Waals surface area (Å²) in [5.74, 6) is -0.110. The summed E-state index contributed by atoms with van der Waals surface area (Å²) in [5, 5.41) is 22.9. The highest BCUT2D eigenvalue weighted by molar-refractivity contribution is 5.76. The Kier molecular flexibility index (Phi) is 49.1. The van der Waals surface area contributed by atoms with Crippen LogP contribution in [0.2, 0.25) is 0 Å². The number of hydrogen-bond acceptors (Lipinski definition) is 5. The van der Waals surface area contributed by atoms with Crippen LogP contribution in [0.1, 0.15) is 277 Å². The van der Waals surface area contributed by atoms with Crippen molar-refractivity contribution < 1.29 is 24.5 Å². The number of nitrogens with one attached hydrogen (secondary N) is 1. The lowest BCUT2D eigenvalue weighted by Crippen LogP contribution is -2.45. The molecule has 0 aliphatic heterocycles. The quantitative estimate of drug-likeness (QED) is 0.0322. The van der Waals surface area contributed by atoms with E-state index in [9.17, 15) is 19.8 Å². The predicted molar refractivity (Wildman–Crippen MR) is 264 cm³/mol. The number of carbonyl (C=O) groups is 2. The zero-order valence-electron chi connectivity index (χ0n) is 40.6. The molecule has 0 radical (unpaired) electrons. The largest absolute Gasteiger partial charge is 0.465 e. The molecule has 6 nitrogen and oxygen atoms in total. The minimum absolute atomic E-state index is 0.0343. The van der Waals surface area contributed by atoms with E-state index in [0.29, 0.717) is 19.4 Å². The van der Waals surface area contributed by atoms with Crippen molar-refractivity contribution in [3.8, 4) is 0 Å². The number of esters is 1. The SMILES string of the molecule is CCCCCCCCC/C=C/C(O)C(CO)NC(=O)CCCCCCCCCCCCCCCC/C=C\C/C=C\CCOC(=O)CCCCCCCCCCCCCCCC. The number of amides is 1. The Morgan fingerprint density at radius 1 is 0.459 bits per heavy atom. The van der Waals surface area contributed by atoms with Gasteiger partial charge in [-0.1, -0.05) is 249 Å². The van der Waals surface area contributed by atoms with E-state index in [2.05, 4.69) is 43.5 Å². The molecule has 0 rings (SSSR count). The van der Waals surface area contributed by atoms with Gasteiger partial charge in [-0.25, -0.2) is 0 Å². The Morgan fingerprint density at radius 2 is 0.820 bits per heavy atom. The van der Waals surface area contributed by atoms with E-state index >= 15 is 0 Å². The second-order valence-corrected chi connectivity index (χ2v) is 18.2. The maximum absolute atomic E-state index is 12.4. The summed E-state index contributed by atoms with van der Waals surface area (Å²) in [6.07, 6.45) is 61.8. The predicted octanol–water partition coefficient (Wildman–Crippen LogP) is 16.1. The maximum Gasteiger partial charge on any atom is 0.305 e. The molecule has 0 saturated heterocycles. The number of rotatable bonds is 49. The average Bonchev–Trinajstić information content (AvgIpc) is 3.26. The molecule has 1 amide bonds. The average molecular weight is 858 g/mol. The monoisotopic (exact) mass is 858 g/mol. The van der Waals surface area contributed by atoms with Gasteiger partial charge < -0.3 is 20.3 Å². The zero-order chi connectivity index (χ0) is 44.4. The Morgan fingerprint density at radius 3 is 1.25 bits per heavy atom. The van der Waals surface area contributed by atoms with Crippen LogP contribution in [0, 0.1) is 0 Å². The van der Waals surface area contributed by atoms with E-state index in [1.165, 1.54) is 199 Å². The second-order valence-electron chi connectivity index (χ2n) is 18.2. The standard InChI is InChI=1S/C55H103NO5/c1-3-5-7-9-11-13-14-15-26-29-33-37-41-45-49-55(60)61-50-46-42-38-34-30-27-24-22-20-18-16-17-19-21-23-25-28-32-36-40-44-48-54(59)56-52(51-57)53(58)47-43-39-35-31-12-10-8-6-4-2/h27,30,38,42-43,47,52-53,57-58H,3-26,28-29,31-37,39-41,44-46,48-51H2,1-2H3,(H,56,59)/b30-27-,42-38-,47-43+. The molecule has 0 bridgehead atoms. The summed E-state index contributed by atoms with van der Waals surface area (Å²) < 4.78 is 5.41. The van der Waals surface area contributed by atoms with E-state index in [1.54, 1.807) is 6.08 Å². The molecule has 6 heteroatoms. The molecule has 0 fully saturated rings. The van der Waals surface area contributed by atoms with Crippen LogP contribution in [0.5, 0.6) is 0 Å². The van der Waals surface area contributed by atoms with Gasteiger partial charge in [-0.05, 0) is 51.4 Å². The van der Waals surface area contributed by atoms with Crippen LogP contribution in [0.3, 0.4) is 0 Å². The Labute approximate surface area is 379 Å². The van der Waals surface area contributed by atoms with Gasteiger partial charge in [0.05, 0.1) is 25.4 Å². The fourth-order valence-electron chi connectivity index (χ4n) is 8.06. The molecular formula is C55H103NO5. The topological polar surface area (TPSA) is 95.9 Å². The maximum atomic E-state index is 12.4. The summed E-state index contributed by atoms with van der Waals surface area (Å²) in [6, 6.07) is -0.629. The van der Waals surface area contributed by atoms with Gasteiger partial charge in [0.25, 0.3) is 0 Å². The molecule has 2 atom stereocenters. The third-order valence-corrected chi connectivity index (χ3v) is 12.2. The Bertz CT molecular complexity index is 993. The molecule has 0 aliphatic rings. The summed E-state index contributed by atoms with van der Waals surface area (Å²) in [7, 11) is 0. The van der Waals surface area contributed by atoms with Crippen LogP contribution in [0.4, 0.5) is 0 Å². The van der Waals surface area contributed by atoms with Crippen LogP contribution >= 0.6 is 0 Å². The molecule has 0 aromatic carbocycles. The first-order valence-corrected chi connectivity index (χ1v) is 26.8. The van der Waals surface area contributed by atoms with Gasteiger partial charge in [-0.3, -0.25) is 9.59 Å². The van der Waals surface area contributed by atoms with Crippen molar-refractivity contribution in [2.24, 2.45) is 0 Å². The van der Waals surface area contributed by atoms with Gasteiger partial charge in [0.15, 0.2) is 0 Å². The van der Waals surface area contributed by atoms with E-state index in [4.69, 9.17) is 4.74 Å². The van der Waals surface area contributed by atoms with Crippen molar-refractivity contribution in [3.05, 3.63) is 36.5 Å². The highest BCUT2D eigenvalue weighted by Gasteiger charge is 2.18. The van der Waals surface area contributed by atoms with Crippen molar-refractivity contribution in [2.45, 2.75) is 289 Å². The molecule has 0 aliphatic carbocycles. The van der Waals surface area contributed by atoms with Crippen LogP contribution < -0.4 is 5.32 Å². The first-order valence-electron chi connectivity index (χ1n) is 26.8. The van der Waals surface area contributed by atoms with Gasteiger partial charge in [0.1, 0.15) is 0 Å². The minimum Gasteiger partial charge on any atom is -0.465 e. The lowest BCUT2D eigenvalue weighted by Gasteiger charge is -2.20. The van der Waals surface area contributed by atoms with Crippen LogP contribution in [0.25, 0.3) is 0 Å². The molecule has 2 unspecified atom stereocenters. The normalized spacial score (nSPS) is 12.9. The first-order chi connectivity index (χ1) is 30.0. The van der Waals surface area contributed by atoms with Crippen LogP contribution in [-0.2, 0) is 14.3 Å². The Balaban J connectivity index is 3.45. The molecular weight excluding hydrogens is 755 g/mol. The number of aliphatic hydroxyl groups is 2. The van der Waals surface area contributed by atoms with E-state index < -0.39 is 12.1 Å². The number of carbonyl (C=O) groups excluding carboxylic acids is 2. The van der Waals surface area contributed by atoms with E-state index in [-0.39, 0.29) is 18.5 Å². The number of hydrogen-bond donors (Lipinski definition) is 3. The molecule has 0 spiro atoms. The van der Waals surface area contributed by atoms with E-state index in [1.807, 2.05) is 6.08 Å². The van der Waals surface area contributed by atoms with Gasteiger partial charge >= 0.3 is 5.97 Å². The van der Waals surface area contributed by atoms with Gasteiger partial charge in [0.2, 0.25) is 5.91 Å². The summed E-state index contributed by atoms with van der Waals surface area (Å²) in [4.78, 5) is 24.4. The molecule has 61 heavy (non-hydrogen) atoms. The van der Waals surface area contributed by atoms with Crippen molar-refractivity contribution in [1.29, 1.82) is 0 Å². The summed E-state index contributed by atoms with van der Waals surface area (Å²) >= 11 is 0. The van der Waals surface area contributed by atoms with Crippen molar-refractivity contribution >= 4 is 11.9 Å². The molecule has 0 saturated carbocycles. The van der Waals surface area contributed by atoms with Gasteiger partial charge in [0, 0.05) is 12.8 Å². The smallest absolute Gasteiger partial charge is 0.305 e. The summed E-state index contributed by atoms with van der Waals surface area (Å²) in [6.45, 7) is 4.76. The number of allylic oxidation sites excluding steroid dienone is 4. The highest BCUT2D eigenvalue weighted by atomic mass is 16.5. The van der Waals surface area contributed by atoms with Crippen molar-refractivity contribution in [2.75, 3.05) is 13.2 Å². The van der Waals surface area contributed by atoms with Crippen molar-refractivity contribution in [3.63, 3.8) is 0 Å². The zero-order valence-corrected chi connectivity index (χ0v) is 40.6. The minimum atomic E-state index is -0.845. The van der Waals surface area contributed by atoms with Gasteiger partial charge in [-0.15, -0.1) is 0 Å². The fraction of sp³-hybridized carbons (Fsp3) is 0.855. The molecule has 3 N–H and O–H groups in total. The fourth-order valence-corrected chi connectivity index (χ4v) is 8.06. The third kappa shape index (κ3) is 47.4. The third-order valence-electron chi connectivity index (χ3n) is 12.2. The lowest BCUT2D eigenvalue weighted by atomic mass is 10.0. The number of unbranched alkanes of at least 4 members (excludes halogenated alkanes) is 34. The first kappa shape index (κ1) is 59.1. The number of ether oxygens (including phenoxy) is 1. The number of aliphatic hydroxyl groups excluding tert-OH is 2. The highest BCUT2D eigenvalue weighted by Crippen LogP contribution is 2.16. The van der Waals surface area contributed by atoms with Gasteiger partial charge in [-0.2, -0.15) is 0 Å². The molecule has 0 heterocycles. The van der Waals surface area contributed by atoms with Crippen molar-refractivity contribution in [1.82, 2.24) is 5.32 Å². The lowest BCUT2D eigenvalue weighted by molar-refractivity contribution is -0.143. The Hall–Kier alpha value is -1.92. The second kappa shape index (κ2) is 50.7. The molecule has 0 aromatic rings. The van der Waals surface area contributed by atoms with Crippen LogP contribution in [-0.4, -0.2) is 47.4 Å². The summed E-state index contributed by atoms with van der Waals surface area (Å²) in [5.41, 5.74) is 0. The molecule has 0 aromatic heterocycles.